The van der Waals surface area contributed by atoms with Crippen molar-refractivity contribution in [1.82, 2.24) is 15.6 Å². The molecule has 1 saturated heterocycles. The van der Waals surface area contributed by atoms with Gasteiger partial charge < -0.3 is 15.5 Å². The summed E-state index contributed by atoms with van der Waals surface area (Å²) in [6.07, 6.45) is 10.9. The molecule has 1 saturated carbocycles. The van der Waals surface area contributed by atoms with E-state index in [0.717, 1.165) is 44.3 Å². The van der Waals surface area contributed by atoms with Gasteiger partial charge in [0.1, 0.15) is 5.82 Å². The average molecular weight is 471 g/mol. The fourth-order valence-corrected chi connectivity index (χ4v) is 4.23. The Morgan fingerprint density at radius 2 is 2.00 bits per heavy atom. The Bertz CT molecular complexity index is 549. The molecule has 0 bridgehead atoms. The molecule has 0 aromatic carbocycles. The zero-order valence-electron chi connectivity index (χ0n) is 16.2. The molecule has 0 radical (unpaired) electrons. The fraction of sp³-hybridized carbons (Fsp3) is 0.700. The van der Waals surface area contributed by atoms with Crippen molar-refractivity contribution >= 4 is 35.8 Å². The summed E-state index contributed by atoms with van der Waals surface area (Å²) in [7, 11) is 1.88. The van der Waals surface area contributed by atoms with Gasteiger partial charge in [0.2, 0.25) is 0 Å². The van der Waals surface area contributed by atoms with Gasteiger partial charge in [0, 0.05) is 38.9 Å². The predicted molar refractivity (Wildman–Crippen MR) is 121 cm³/mol. The maximum Gasteiger partial charge on any atom is 0.191 e. The number of halogens is 1. The third-order valence-corrected chi connectivity index (χ3v) is 6.08. The van der Waals surface area contributed by atoms with Crippen molar-refractivity contribution in [2.24, 2.45) is 10.4 Å². The summed E-state index contributed by atoms with van der Waals surface area (Å²) in [4.78, 5) is 11.3. The predicted octanol–water partition coefficient (Wildman–Crippen LogP) is 3.80. The molecule has 26 heavy (non-hydrogen) atoms. The Morgan fingerprint density at radius 1 is 1.27 bits per heavy atom. The third kappa shape index (κ3) is 5.47. The summed E-state index contributed by atoms with van der Waals surface area (Å²) in [5.41, 5.74) is 0.486. The molecule has 146 valence electrons. The number of guanidine groups is 1. The van der Waals surface area contributed by atoms with E-state index in [1.165, 1.54) is 32.1 Å². The van der Waals surface area contributed by atoms with E-state index in [2.05, 4.69) is 44.6 Å². The quantitative estimate of drug-likeness (QED) is 0.390. The van der Waals surface area contributed by atoms with E-state index in [4.69, 9.17) is 0 Å². The van der Waals surface area contributed by atoms with Crippen LogP contribution in [0.5, 0.6) is 0 Å². The molecule has 3 rings (SSSR count). The van der Waals surface area contributed by atoms with Crippen LogP contribution in [0.25, 0.3) is 0 Å². The molecule has 2 fully saturated rings. The fourth-order valence-electron chi connectivity index (χ4n) is 4.23. The van der Waals surface area contributed by atoms with Gasteiger partial charge in [-0.1, -0.05) is 25.8 Å². The Hall–Kier alpha value is -1.05. The highest BCUT2D eigenvalue weighted by molar-refractivity contribution is 14.0. The lowest BCUT2D eigenvalue weighted by atomic mass is 9.83. The number of pyridine rings is 1. The smallest absolute Gasteiger partial charge is 0.191 e. The second-order valence-corrected chi connectivity index (χ2v) is 7.58. The van der Waals surface area contributed by atoms with E-state index in [1.54, 1.807) is 0 Å². The van der Waals surface area contributed by atoms with Crippen molar-refractivity contribution in [3.05, 3.63) is 24.4 Å². The summed E-state index contributed by atoms with van der Waals surface area (Å²) >= 11 is 0. The minimum atomic E-state index is 0. The molecule has 6 heteroatoms. The number of aromatic nitrogens is 1. The monoisotopic (exact) mass is 471 g/mol. The summed E-state index contributed by atoms with van der Waals surface area (Å²) in [6, 6.07) is 6.62. The SMILES string of the molecule is CCC1(CNC(=NC)NC2CCN(c3ccccn3)CC2)CCCC1.I. The van der Waals surface area contributed by atoms with Crippen molar-refractivity contribution in [2.45, 2.75) is 57.9 Å². The second kappa shape index (κ2) is 10.3. The van der Waals surface area contributed by atoms with Crippen LogP contribution in [0.15, 0.2) is 29.4 Å². The standard InChI is InChI=1S/C20H33N5.HI/c1-3-20(11-5-6-12-20)16-23-19(21-2)24-17-9-14-25(15-10-17)18-8-4-7-13-22-18;/h4,7-8,13,17H,3,5-6,9-12,14-16H2,1-2H3,(H2,21,23,24);1H. The average Bonchev–Trinajstić information content (AvgIpc) is 3.16. The van der Waals surface area contributed by atoms with Crippen LogP contribution < -0.4 is 15.5 Å². The Morgan fingerprint density at radius 3 is 2.58 bits per heavy atom. The normalized spacial score (nSPS) is 20.5. The molecule has 2 heterocycles. The van der Waals surface area contributed by atoms with Gasteiger partial charge in [-0.15, -0.1) is 24.0 Å². The van der Waals surface area contributed by atoms with Crippen molar-refractivity contribution < 1.29 is 0 Å². The van der Waals surface area contributed by atoms with Gasteiger partial charge in [0.15, 0.2) is 5.96 Å². The number of rotatable bonds is 5. The Balaban J connectivity index is 0.00000243. The van der Waals surface area contributed by atoms with Gasteiger partial charge >= 0.3 is 0 Å². The van der Waals surface area contributed by atoms with Crippen LogP contribution in [0.2, 0.25) is 0 Å². The molecule has 1 aromatic heterocycles. The van der Waals surface area contributed by atoms with E-state index in [0.29, 0.717) is 11.5 Å². The number of aliphatic imine (C=N–C) groups is 1. The van der Waals surface area contributed by atoms with E-state index in [-0.39, 0.29) is 24.0 Å². The third-order valence-electron chi connectivity index (χ3n) is 6.08. The van der Waals surface area contributed by atoms with Crippen LogP contribution in [-0.4, -0.2) is 43.7 Å². The number of hydrogen-bond acceptors (Lipinski definition) is 3. The van der Waals surface area contributed by atoms with Crippen molar-refractivity contribution in [2.75, 3.05) is 31.6 Å². The highest BCUT2D eigenvalue weighted by atomic mass is 127. The van der Waals surface area contributed by atoms with Gasteiger partial charge in [-0.25, -0.2) is 4.98 Å². The number of piperidine rings is 1. The maximum atomic E-state index is 4.46. The van der Waals surface area contributed by atoms with Gasteiger partial charge in [-0.2, -0.15) is 0 Å². The molecular formula is C20H34IN5. The topological polar surface area (TPSA) is 52.6 Å². The molecule has 2 N–H and O–H groups in total. The zero-order chi connectivity index (χ0) is 17.5. The molecular weight excluding hydrogens is 437 g/mol. The van der Waals surface area contributed by atoms with Crippen molar-refractivity contribution in [1.29, 1.82) is 0 Å². The molecule has 5 nitrogen and oxygen atoms in total. The second-order valence-electron chi connectivity index (χ2n) is 7.58. The van der Waals surface area contributed by atoms with Crippen molar-refractivity contribution in [3.63, 3.8) is 0 Å². The van der Waals surface area contributed by atoms with Crippen LogP contribution in [-0.2, 0) is 0 Å². The molecule has 1 aliphatic carbocycles. The zero-order valence-corrected chi connectivity index (χ0v) is 18.5. The maximum absolute atomic E-state index is 4.46. The van der Waals surface area contributed by atoms with Gasteiger partial charge in [-0.3, -0.25) is 4.99 Å². The van der Waals surface area contributed by atoms with Crippen molar-refractivity contribution in [3.8, 4) is 0 Å². The lowest BCUT2D eigenvalue weighted by Crippen LogP contribution is -2.50. The Kier molecular flexibility index (Phi) is 8.44. The van der Waals surface area contributed by atoms with E-state index >= 15 is 0 Å². The van der Waals surface area contributed by atoms with E-state index < -0.39 is 0 Å². The van der Waals surface area contributed by atoms with Crippen LogP contribution in [0.3, 0.4) is 0 Å². The molecule has 1 aliphatic heterocycles. The van der Waals surface area contributed by atoms with Crippen LogP contribution in [0, 0.1) is 5.41 Å². The molecule has 0 unspecified atom stereocenters. The molecule has 0 amide bonds. The highest BCUT2D eigenvalue weighted by Crippen LogP contribution is 2.40. The van der Waals surface area contributed by atoms with E-state index in [9.17, 15) is 0 Å². The lowest BCUT2D eigenvalue weighted by molar-refractivity contribution is 0.282. The highest BCUT2D eigenvalue weighted by Gasteiger charge is 2.32. The van der Waals surface area contributed by atoms with Crippen LogP contribution in [0.4, 0.5) is 5.82 Å². The van der Waals surface area contributed by atoms with E-state index in [1.807, 2.05) is 19.3 Å². The van der Waals surface area contributed by atoms with Gasteiger partial charge in [0.25, 0.3) is 0 Å². The number of nitrogens with zero attached hydrogens (tertiary/aromatic N) is 3. The first-order valence-electron chi connectivity index (χ1n) is 9.88. The summed E-state index contributed by atoms with van der Waals surface area (Å²) in [5.74, 6) is 2.06. The van der Waals surface area contributed by atoms with Crippen LogP contribution >= 0.6 is 24.0 Å². The Labute approximate surface area is 175 Å². The molecule has 2 aliphatic rings. The molecule has 0 atom stereocenters. The minimum Gasteiger partial charge on any atom is -0.356 e. The lowest BCUT2D eigenvalue weighted by Gasteiger charge is -2.34. The largest absolute Gasteiger partial charge is 0.356 e. The first kappa shape index (κ1) is 21.3. The summed E-state index contributed by atoms with van der Waals surface area (Å²) < 4.78 is 0. The van der Waals surface area contributed by atoms with Gasteiger partial charge in [0.05, 0.1) is 0 Å². The molecule has 1 aromatic rings. The first-order valence-corrected chi connectivity index (χ1v) is 9.88. The number of anilines is 1. The molecule has 0 spiro atoms. The summed E-state index contributed by atoms with van der Waals surface area (Å²) in [5, 5.41) is 7.24. The number of hydrogen-bond donors (Lipinski definition) is 2. The first-order chi connectivity index (χ1) is 12.2. The van der Waals surface area contributed by atoms with Gasteiger partial charge in [-0.05, 0) is 49.7 Å². The van der Waals surface area contributed by atoms with Crippen LogP contribution in [0.1, 0.15) is 51.9 Å². The minimum absolute atomic E-state index is 0. The number of nitrogens with one attached hydrogen (secondary N) is 2. The summed E-state index contributed by atoms with van der Waals surface area (Å²) in [6.45, 7) is 5.47.